The van der Waals surface area contributed by atoms with Crippen LogP contribution in [0.25, 0.3) is 0 Å². The maximum Gasteiger partial charge on any atom is 0.223 e. The lowest BCUT2D eigenvalue weighted by molar-refractivity contribution is -0.139. The summed E-state index contributed by atoms with van der Waals surface area (Å²) >= 11 is 0. The van der Waals surface area contributed by atoms with Crippen molar-refractivity contribution in [1.82, 2.24) is 20.1 Å². The third-order valence-electron chi connectivity index (χ3n) is 5.78. The molecule has 0 saturated carbocycles. The van der Waals surface area contributed by atoms with Crippen molar-refractivity contribution in [1.29, 1.82) is 0 Å². The summed E-state index contributed by atoms with van der Waals surface area (Å²) < 4.78 is 19.9. The summed E-state index contributed by atoms with van der Waals surface area (Å²) in [5.74, 6) is -0.126. The van der Waals surface area contributed by atoms with E-state index in [0.717, 1.165) is 28.3 Å². The Morgan fingerprint density at radius 1 is 1.23 bits per heavy atom. The minimum absolute atomic E-state index is 0.107. The summed E-state index contributed by atoms with van der Waals surface area (Å²) in [6.45, 7) is 5.45. The quantitative estimate of drug-likeness (QED) is 0.658. The average molecular weight is 423 g/mol. The zero-order valence-corrected chi connectivity index (χ0v) is 17.9. The minimum Gasteiger partial charge on any atom is -0.368 e. The lowest BCUT2D eigenvalue weighted by Gasteiger charge is -2.33. The molecule has 31 heavy (non-hydrogen) atoms. The number of morpholine rings is 1. The first kappa shape index (κ1) is 21.2. The lowest BCUT2D eigenvalue weighted by atomic mass is 10.1. The van der Waals surface area contributed by atoms with Crippen molar-refractivity contribution in [3.05, 3.63) is 82.2 Å². The van der Waals surface area contributed by atoms with Crippen LogP contribution >= 0.6 is 0 Å². The monoisotopic (exact) mass is 422 g/mol. The van der Waals surface area contributed by atoms with Crippen molar-refractivity contribution in [3.8, 4) is 0 Å². The number of nitrogens with zero attached hydrogens (tertiary/aromatic N) is 3. The van der Waals surface area contributed by atoms with Crippen molar-refractivity contribution < 1.29 is 13.9 Å². The standard InChI is InChI=1S/C24H27FN4O2/c1-16-20(17(2)28-27-16)10-11-24(30)29-12-13-31-23(15-29)22-9-5-7-19(26-22)14-18-6-3-4-8-21(18)25/h3-9,23H,10-15H2,1-2H3,(H,27,28)/t23-/m1/s1. The van der Waals surface area contributed by atoms with Gasteiger partial charge in [0, 0.05) is 30.8 Å². The number of aromatic amines is 1. The van der Waals surface area contributed by atoms with E-state index in [9.17, 15) is 9.18 Å². The molecule has 1 aliphatic rings. The lowest BCUT2D eigenvalue weighted by Crippen LogP contribution is -2.42. The molecular formula is C24H27FN4O2. The predicted octanol–water partition coefficient (Wildman–Crippen LogP) is 3.68. The number of rotatable bonds is 6. The fourth-order valence-electron chi connectivity index (χ4n) is 4.00. The Bertz CT molecular complexity index is 1050. The molecular weight excluding hydrogens is 395 g/mol. The number of carbonyl (C=O) groups excluding carboxylic acids is 1. The number of carbonyl (C=O) groups is 1. The van der Waals surface area contributed by atoms with Gasteiger partial charge < -0.3 is 9.64 Å². The minimum atomic E-state index is -0.282. The number of amides is 1. The zero-order chi connectivity index (χ0) is 21.8. The highest BCUT2D eigenvalue weighted by atomic mass is 19.1. The van der Waals surface area contributed by atoms with Crippen LogP contribution in [-0.4, -0.2) is 45.7 Å². The van der Waals surface area contributed by atoms with E-state index in [4.69, 9.17) is 9.72 Å². The Balaban J connectivity index is 1.40. The summed E-state index contributed by atoms with van der Waals surface area (Å²) in [6, 6.07) is 12.4. The Morgan fingerprint density at radius 2 is 2.06 bits per heavy atom. The van der Waals surface area contributed by atoms with Gasteiger partial charge in [-0.15, -0.1) is 0 Å². The number of aryl methyl sites for hydroxylation is 2. The van der Waals surface area contributed by atoms with Crippen molar-refractivity contribution in [2.75, 3.05) is 19.7 Å². The van der Waals surface area contributed by atoms with Crippen LogP contribution in [0, 0.1) is 19.7 Å². The van der Waals surface area contributed by atoms with Gasteiger partial charge in [0.05, 0.1) is 24.5 Å². The van der Waals surface area contributed by atoms with Crippen LogP contribution in [0.2, 0.25) is 0 Å². The third kappa shape index (κ3) is 4.99. The smallest absolute Gasteiger partial charge is 0.223 e. The van der Waals surface area contributed by atoms with Crippen molar-refractivity contribution in [3.63, 3.8) is 0 Å². The van der Waals surface area contributed by atoms with Gasteiger partial charge in [-0.2, -0.15) is 5.10 Å². The molecule has 3 heterocycles. The van der Waals surface area contributed by atoms with Gasteiger partial charge in [-0.3, -0.25) is 14.9 Å². The topological polar surface area (TPSA) is 71.1 Å². The molecule has 0 bridgehead atoms. The van der Waals surface area contributed by atoms with Crippen molar-refractivity contribution in [2.24, 2.45) is 0 Å². The molecule has 1 N–H and O–H groups in total. The first-order chi connectivity index (χ1) is 15.0. The van der Waals surface area contributed by atoms with Gasteiger partial charge in [-0.05, 0) is 49.6 Å². The molecule has 0 aliphatic carbocycles. The molecule has 2 aromatic heterocycles. The number of benzene rings is 1. The summed E-state index contributed by atoms with van der Waals surface area (Å²) in [7, 11) is 0. The molecule has 0 unspecified atom stereocenters. The SMILES string of the molecule is Cc1n[nH]c(C)c1CCC(=O)N1CCO[C@@H](c2cccc(Cc3ccccc3F)n2)C1. The molecule has 0 spiro atoms. The predicted molar refractivity (Wildman–Crippen MR) is 115 cm³/mol. The molecule has 0 radical (unpaired) electrons. The largest absolute Gasteiger partial charge is 0.368 e. The zero-order valence-electron chi connectivity index (χ0n) is 17.9. The number of halogens is 1. The van der Waals surface area contributed by atoms with Crippen LogP contribution in [0.15, 0.2) is 42.5 Å². The normalized spacial score (nSPS) is 16.5. The first-order valence-electron chi connectivity index (χ1n) is 10.6. The third-order valence-corrected chi connectivity index (χ3v) is 5.78. The van der Waals surface area contributed by atoms with Crippen molar-refractivity contribution >= 4 is 5.91 Å². The van der Waals surface area contributed by atoms with Gasteiger partial charge in [0.15, 0.2) is 0 Å². The molecule has 4 rings (SSSR count). The van der Waals surface area contributed by atoms with Gasteiger partial charge in [0.1, 0.15) is 11.9 Å². The van der Waals surface area contributed by atoms with Crippen molar-refractivity contribution in [2.45, 2.75) is 39.2 Å². The Labute approximate surface area is 181 Å². The van der Waals surface area contributed by atoms with E-state index in [0.29, 0.717) is 44.5 Å². The molecule has 162 valence electrons. The van der Waals surface area contributed by atoms with Crippen LogP contribution in [0.4, 0.5) is 4.39 Å². The second kappa shape index (κ2) is 9.39. The summed E-state index contributed by atoms with van der Waals surface area (Å²) in [5, 5.41) is 7.17. The molecule has 7 heteroatoms. The van der Waals surface area contributed by atoms with E-state index >= 15 is 0 Å². The molecule has 1 fully saturated rings. The second-order valence-corrected chi connectivity index (χ2v) is 7.93. The summed E-state index contributed by atoms with van der Waals surface area (Å²) in [6.07, 6.45) is 1.25. The molecule has 1 aliphatic heterocycles. The Morgan fingerprint density at radius 3 is 2.84 bits per heavy atom. The number of ether oxygens (including phenoxy) is 1. The first-order valence-corrected chi connectivity index (χ1v) is 10.6. The Hall–Kier alpha value is -3.06. The van der Waals surface area contributed by atoms with Crippen LogP contribution in [-0.2, 0) is 22.4 Å². The van der Waals surface area contributed by atoms with Crippen LogP contribution in [0.1, 0.15) is 46.4 Å². The van der Waals surface area contributed by atoms with E-state index in [-0.39, 0.29) is 17.8 Å². The van der Waals surface area contributed by atoms with Crippen LogP contribution in [0.3, 0.4) is 0 Å². The highest BCUT2D eigenvalue weighted by molar-refractivity contribution is 5.76. The van der Waals surface area contributed by atoms with E-state index < -0.39 is 0 Å². The maximum atomic E-state index is 14.0. The summed E-state index contributed by atoms with van der Waals surface area (Å²) in [4.78, 5) is 19.4. The number of nitrogens with one attached hydrogen (secondary N) is 1. The number of aromatic nitrogens is 3. The van der Waals surface area contributed by atoms with Gasteiger partial charge in [0.25, 0.3) is 0 Å². The summed E-state index contributed by atoms with van der Waals surface area (Å²) in [5.41, 5.74) is 5.23. The fraction of sp³-hybridized carbons (Fsp3) is 0.375. The van der Waals surface area contributed by atoms with Crippen LogP contribution in [0.5, 0.6) is 0 Å². The Kier molecular flexibility index (Phi) is 6.42. The second-order valence-electron chi connectivity index (χ2n) is 7.93. The number of H-pyrrole nitrogens is 1. The van der Waals surface area contributed by atoms with Gasteiger partial charge in [-0.1, -0.05) is 24.3 Å². The molecule has 6 nitrogen and oxygen atoms in total. The van der Waals surface area contributed by atoms with Crippen LogP contribution < -0.4 is 0 Å². The van der Waals surface area contributed by atoms with E-state index in [2.05, 4.69) is 10.2 Å². The average Bonchev–Trinajstić information content (AvgIpc) is 3.11. The molecule has 1 amide bonds. The number of hydrogen-bond acceptors (Lipinski definition) is 4. The fourth-order valence-corrected chi connectivity index (χ4v) is 4.00. The maximum absolute atomic E-state index is 14.0. The molecule has 1 atom stereocenters. The van der Waals surface area contributed by atoms with Gasteiger partial charge >= 0.3 is 0 Å². The number of hydrogen-bond donors (Lipinski definition) is 1. The van der Waals surface area contributed by atoms with Gasteiger partial charge in [-0.25, -0.2) is 4.39 Å². The van der Waals surface area contributed by atoms with E-state index in [1.165, 1.54) is 6.07 Å². The number of pyridine rings is 1. The van der Waals surface area contributed by atoms with E-state index in [1.54, 1.807) is 12.1 Å². The highest BCUT2D eigenvalue weighted by Gasteiger charge is 2.26. The molecule has 1 aromatic carbocycles. The van der Waals surface area contributed by atoms with E-state index in [1.807, 2.05) is 43.0 Å². The molecule has 3 aromatic rings. The molecule has 1 saturated heterocycles. The van der Waals surface area contributed by atoms with Gasteiger partial charge in [0.2, 0.25) is 5.91 Å². The highest BCUT2D eigenvalue weighted by Crippen LogP contribution is 2.23.